The van der Waals surface area contributed by atoms with Gasteiger partial charge in [0, 0.05) is 37.3 Å². The van der Waals surface area contributed by atoms with Gasteiger partial charge in [0.2, 0.25) is 5.43 Å². The topological polar surface area (TPSA) is 88.6 Å². The molecule has 0 saturated carbocycles. The molecule has 0 bridgehead atoms. The summed E-state index contributed by atoms with van der Waals surface area (Å²) in [5.41, 5.74) is 8.55. The average Bonchev–Trinajstić information content (AvgIpc) is 3.17. The molecule has 2 heterocycles. The zero-order chi connectivity index (χ0) is 18.6. The molecule has 1 unspecified atom stereocenters. The first-order valence-electron chi connectivity index (χ1n) is 8.72. The van der Waals surface area contributed by atoms with E-state index in [9.17, 15) is 19.1 Å². The Balaban J connectivity index is 1.84. The van der Waals surface area contributed by atoms with Crippen LogP contribution in [0.1, 0.15) is 30.1 Å². The van der Waals surface area contributed by atoms with Crippen molar-refractivity contribution in [1.82, 2.24) is 4.57 Å². The number of rotatable bonds is 3. The number of nitrogens with two attached hydrogens (primary N) is 1. The van der Waals surface area contributed by atoms with Crippen LogP contribution in [-0.4, -0.2) is 34.8 Å². The fourth-order valence-electron chi connectivity index (χ4n) is 4.05. The Morgan fingerprint density at radius 1 is 1.38 bits per heavy atom. The van der Waals surface area contributed by atoms with Crippen molar-refractivity contribution in [3.63, 3.8) is 0 Å². The number of halogens is 1. The molecule has 7 heteroatoms. The molecule has 0 saturated heterocycles. The summed E-state index contributed by atoms with van der Waals surface area (Å²) in [6.07, 6.45) is 3.22. The zero-order valence-electron chi connectivity index (χ0n) is 14.5. The van der Waals surface area contributed by atoms with Crippen molar-refractivity contribution in [3.05, 3.63) is 51.1 Å². The SMILES string of the molecule is CCn1cc(C(=O)O)c(=O)c2cc(F)c(N3CC4=C(C3)C(N)CC4)cc21. The second kappa shape index (κ2) is 5.95. The van der Waals surface area contributed by atoms with Crippen LogP contribution in [0.5, 0.6) is 0 Å². The van der Waals surface area contributed by atoms with Gasteiger partial charge in [-0.1, -0.05) is 0 Å². The van der Waals surface area contributed by atoms with E-state index in [0.717, 1.165) is 18.9 Å². The van der Waals surface area contributed by atoms with E-state index in [2.05, 4.69) is 0 Å². The van der Waals surface area contributed by atoms with Gasteiger partial charge in [-0.3, -0.25) is 4.79 Å². The van der Waals surface area contributed by atoms with Crippen molar-refractivity contribution in [3.8, 4) is 0 Å². The highest BCUT2D eigenvalue weighted by atomic mass is 19.1. The third kappa shape index (κ3) is 2.42. The van der Waals surface area contributed by atoms with E-state index in [1.165, 1.54) is 17.3 Å². The Kier molecular flexibility index (Phi) is 3.84. The lowest BCUT2D eigenvalue weighted by atomic mass is 10.1. The lowest BCUT2D eigenvalue weighted by Gasteiger charge is -2.23. The molecule has 1 atom stereocenters. The number of benzene rings is 1. The maximum absolute atomic E-state index is 14.8. The van der Waals surface area contributed by atoms with Crippen LogP contribution >= 0.6 is 0 Å². The standard InChI is InChI=1S/C19H20FN3O3/c1-2-22-9-13(19(25)26)18(24)11-5-14(20)17(6-16(11)22)23-7-10-3-4-15(21)12(10)8-23/h5-6,9,15H,2-4,7-8,21H2,1H3,(H,25,26). The second-order valence-electron chi connectivity index (χ2n) is 6.91. The maximum Gasteiger partial charge on any atom is 0.341 e. The number of aryl methyl sites for hydroxylation is 1. The smallest absolute Gasteiger partial charge is 0.341 e. The highest BCUT2D eigenvalue weighted by Gasteiger charge is 2.32. The highest BCUT2D eigenvalue weighted by molar-refractivity contribution is 5.93. The summed E-state index contributed by atoms with van der Waals surface area (Å²) < 4.78 is 16.5. The van der Waals surface area contributed by atoms with Crippen LogP contribution in [0.3, 0.4) is 0 Å². The Labute approximate surface area is 149 Å². The Morgan fingerprint density at radius 2 is 2.15 bits per heavy atom. The van der Waals surface area contributed by atoms with E-state index in [1.807, 2.05) is 11.8 Å². The molecule has 2 aliphatic rings. The number of pyridine rings is 1. The van der Waals surface area contributed by atoms with Crippen molar-refractivity contribution >= 4 is 22.6 Å². The fourth-order valence-corrected chi connectivity index (χ4v) is 4.05. The molecule has 2 aromatic rings. The Morgan fingerprint density at radius 3 is 2.81 bits per heavy atom. The van der Waals surface area contributed by atoms with Crippen LogP contribution in [0.2, 0.25) is 0 Å². The first-order chi connectivity index (χ1) is 12.4. The van der Waals surface area contributed by atoms with Crippen LogP contribution in [0, 0.1) is 5.82 Å². The first kappa shape index (κ1) is 16.8. The van der Waals surface area contributed by atoms with Crippen LogP contribution < -0.4 is 16.1 Å². The summed E-state index contributed by atoms with van der Waals surface area (Å²) in [4.78, 5) is 25.7. The lowest BCUT2D eigenvalue weighted by Crippen LogP contribution is -2.28. The number of carboxylic acid groups (broad SMARTS) is 1. The molecule has 1 aromatic carbocycles. The molecular formula is C19H20FN3O3. The number of carbonyl (C=O) groups is 1. The molecule has 1 aliphatic heterocycles. The Bertz CT molecular complexity index is 1020. The third-order valence-corrected chi connectivity index (χ3v) is 5.46. The number of carboxylic acids is 1. The molecule has 0 spiro atoms. The predicted molar refractivity (Wildman–Crippen MR) is 97.2 cm³/mol. The van der Waals surface area contributed by atoms with Crippen molar-refractivity contribution in [2.24, 2.45) is 5.73 Å². The minimum Gasteiger partial charge on any atom is -0.477 e. The van der Waals surface area contributed by atoms with Gasteiger partial charge in [0.05, 0.1) is 11.2 Å². The molecule has 136 valence electrons. The van der Waals surface area contributed by atoms with Gasteiger partial charge in [-0.25, -0.2) is 9.18 Å². The molecule has 4 rings (SSSR count). The van der Waals surface area contributed by atoms with Gasteiger partial charge in [-0.15, -0.1) is 0 Å². The first-order valence-corrected chi connectivity index (χ1v) is 8.72. The molecule has 6 nitrogen and oxygen atoms in total. The second-order valence-corrected chi connectivity index (χ2v) is 6.91. The average molecular weight is 357 g/mol. The normalized spacial score (nSPS) is 19.5. The molecule has 1 aromatic heterocycles. The fraction of sp³-hybridized carbons (Fsp3) is 0.368. The van der Waals surface area contributed by atoms with Gasteiger partial charge in [0.15, 0.2) is 0 Å². The molecule has 3 N–H and O–H groups in total. The number of aromatic carboxylic acids is 1. The summed E-state index contributed by atoms with van der Waals surface area (Å²) in [6, 6.07) is 2.86. The van der Waals surface area contributed by atoms with E-state index < -0.39 is 17.2 Å². The molecule has 0 radical (unpaired) electrons. The minimum absolute atomic E-state index is 0.0467. The Hall–Kier alpha value is -2.67. The summed E-state index contributed by atoms with van der Waals surface area (Å²) in [6.45, 7) is 3.57. The summed E-state index contributed by atoms with van der Waals surface area (Å²) in [5.74, 6) is -1.83. The van der Waals surface area contributed by atoms with E-state index in [-0.39, 0.29) is 17.0 Å². The maximum atomic E-state index is 14.8. The summed E-state index contributed by atoms with van der Waals surface area (Å²) >= 11 is 0. The van der Waals surface area contributed by atoms with Crippen LogP contribution in [0.15, 0.2) is 34.3 Å². The monoisotopic (exact) mass is 357 g/mol. The van der Waals surface area contributed by atoms with Gasteiger partial charge in [0.1, 0.15) is 11.4 Å². The van der Waals surface area contributed by atoms with E-state index in [1.54, 1.807) is 10.6 Å². The van der Waals surface area contributed by atoms with Gasteiger partial charge in [-0.05, 0) is 43.0 Å². The number of nitrogens with zero attached hydrogens (tertiary/aromatic N) is 2. The zero-order valence-corrected chi connectivity index (χ0v) is 14.5. The van der Waals surface area contributed by atoms with Gasteiger partial charge in [0.25, 0.3) is 0 Å². The molecule has 0 fully saturated rings. The van der Waals surface area contributed by atoms with Crippen molar-refractivity contribution in [2.45, 2.75) is 32.4 Å². The van der Waals surface area contributed by atoms with Crippen LogP contribution in [-0.2, 0) is 6.54 Å². The number of hydrogen-bond acceptors (Lipinski definition) is 4. The summed E-state index contributed by atoms with van der Waals surface area (Å²) in [7, 11) is 0. The molecule has 0 amide bonds. The lowest BCUT2D eigenvalue weighted by molar-refractivity contribution is 0.0695. The van der Waals surface area contributed by atoms with E-state index in [4.69, 9.17) is 5.73 Å². The minimum atomic E-state index is -1.31. The number of aromatic nitrogens is 1. The van der Waals surface area contributed by atoms with E-state index in [0.29, 0.717) is 30.8 Å². The van der Waals surface area contributed by atoms with Crippen molar-refractivity contribution in [2.75, 3.05) is 18.0 Å². The summed E-state index contributed by atoms with van der Waals surface area (Å²) in [5, 5.41) is 9.31. The van der Waals surface area contributed by atoms with Gasteiger partial charge >= 0.3 is 5.97 Å². The molecule has 26 heavy (non-hydrogen) atoms. The van der Waals surface area contributed by atoms with Gasteiger partial charge in [-0.2, -0.15) is 0 Å². The quantitative estimate of drug-likeness (QED) is 0.821. The molecule has 1 aliphatic carbocycles. The molecular weight excluding hydrogens is 337 g/mol. The van der Waals surface area contributed by atoms with Crippen LogP contribution in [0.4, 0.5) is 10.1 Å². The number of anilines is 1. The van der Waals surface area contributed by atoms with Crippen molar-refractivity contribution < 1.29 is 14.3 Å². The third-order valence-electron chi connectivity index (χ3n) is 5.46. The van der Waals surface area contributed by atoms with Crippen LogP contribution in [0.25, 0.3) is 10.9 Å². The number of hydrogen-bond donors (Lipinski definition) is 2. The predicted octanol–water partition coefficient (Wildman–Crippen LogP) is 2.10. The van der Waals surface area contributed by atoms with E-state index >= 15 is 0 Å². The highest BCUT2D eigenvalue weighted by Crippen LogP contribution is 2.36. The van der Waals surface area contributed by atoms with Crippen molar-refractivity contribution in [1.29, 1.82) is 0 Å². The largest absolute Gasteiger partial charge is 0.477 e. The number of fused-ring (bicyclic) bond motifs is 1. The van der Waals surface area contributed by atoms with Gasteiger partial charge < -0.3 is 20.3 Å².